The highest BCUT2D eigenvalue weighted by molar-refractivity contribution is 5.40. The predicted molar refractivity (Wildman–Crippen MR) is 88.7 cm³/mol. The zero-order chi connectivity index (χ0) is 15.6. The summed E-state index contributed by atoms with van der Waals surface area (Å²) < 4.78 is 5.65. The Bertz CT molecular complexity index is 467. The number of hydrogen-bond donors (Lipinski definition) is 1. The second-order valence-electron chi connectivity index (χ2n) is 7.30. The number of nitrogens with two attached hydrogens (primary N) is 1. The lowest BCUT2D eigenvalue weighted by Crippen LogP contribution is -2.45. The molecule has 0 aliphatic carbocycles. The number of rotatable bonds is 3. The average molecular weight is 290 g/mol. The van der Waals surface area contributed by atoms with Gasteiger partial charge in [-0.1, -0.05) is 32.9 Å². The molecule has 1 aromatic carbocycles. The average Bonchev–Trinajstić information content (AvgIpc) is 2.42. The summed E-state index contributed by atoms with van der Waals surface area (Å²) in [5.74, 6) is 0. The Morgan fingerprint density at radius 3 is 2.38 bits per heavy atom. The standard InChI is InChI=1S/C18H30N2O/c1-13-8-15(18(3,4)5)9-14(2)17(13)12-20-6-7-21-16(10-19)11-20/h8-9,16H,6-7,10-12,19H2,1-5H3. The molecule has 3 nitrogen and oxygen atoms in total. The van der Waals surface area contributed by atoms with Crippen molar-refractivity contribution in [3.8, 4) is 0 Å². The van der Waals surface area contributed by atoms with Gasteiger partial charge in [-0.25, -0.2) is 0 Å². The van der Waals surface area contributed by atoms with E-state index in [9.17, 15) is 0 Å². The number of ether oxygens (including phenoxy) is 1. The maximum Gasteiger partial charge on any atom is 0.0824 e. The molecular formula is C18H30N2O. The van der Waals surface area contributed by atoms with E-state index in [1.165, 1.54) is 22.3 Å². The molecule has 0 amide bonds. The van der Waals surface area contributed by atoms with Crippen LogP contribution in [0.1, 0.15) is 43.0 Å². The maximum atomic E-state index is 5.73. The molecule has 3 heteroatoms. The van der Waals surface area contributed by atoms with Gasteiger partial charge in [0, 0.05) is 26.2 Å². The Hall–Kier alpha value is -0.900. The first-order valence-corrected chi connectivity index (χ1v) is 7.96. The van der Waals surface area contributed by atoms with Crippen molar-refractivity contribution in [3.05, 3.63) is 34.4 Å². The van der Waals surface area contributed by atoms with Crippen LogP contribution in [0.15, 0.2) is 12.1 Å². The molecule has 2 rings (SSSR count). The smallest absolute Gasteiger partial charge is 0.0824 e. The van der Waals surface area contributed by atoms with Crippen molar-refractivity contribution >= 4 is 0 Å². The van der Waals surface area contributed by atoms with E-state index in [1.54, 1.807) is 0 Å². The Kier molecular flexibility index (Phi) is 5.07. The number of nitrogens with zero attached hydrogens (tertiary/aromatic N) is 1. The second kappa shape index (κ2) is 6.47. The topological polar surface area (TPSA) is 38.5 Å². The Morgan fingerprint density at radius 2 is 1.86 bits per heavy atom. The lowest BCUT2D eigenvalue weighted by molar-refractivity contribution is -0.0261. The van der Waals surface area contributed by atoms with Gasteiger partial charge in [0.25, 0.3) is 0 Å². The van der Waals surface area contributed by atoms with Gasteiger partial charge < -0.3 is 10.5 Å². The van der Waals surface area contributed by atoms with Crippen LogP contribution in [0.25, 0.3) is 0 Å². The summed E-state index contributed by atoms with van der Waals surface area (Å²) in [4.78, 5) is 2.47. The lowest BCUT2D eigenvalue weighted by Gasteiger charge is -2.33. The fourth-order valence-corrected chi connectivity index (χ4v) is 2.97. The third-order valence-corrected chi connectivity index (χ3v) is 4.43. The van der Waals surface area contributed by atoms with Crippen molar-refractivity contribution < 1.29 is 4.74 Å². The van der Waals surface area contributed by atoms with Crippen molar-refractivity contribution in [2.45, 2.75) is 52.7 Å². The SMILES string of the molecule is Cc1cc(C(C)(C)C)cc(C)c1CN1CCOC(CN)C1. The van der Waals surface area contributed by atoms with E-state index >= 15 is 0 Å². The molecule has 2 N–H and O–H groups in total. The van der Waals surface area contributed by atoms with E-state index in [0.29, 0.717) is 6.54 Å². The summed E-state index contributed by atoms with van der Waals surface area (Å²) in [7, 11) is 0. The summed E-state index contributed by atoms with van der Waals surface area (Å²) in [5, 5.41) is 0. The molecule has 0 radical (unpaired) electrons. The molecule has 1 aliphatic heterocycles. The molecule has 118 valence electrons. The minimum Gasteiger partial charge on any atom is -0.374 e. The molecule has 0 saturated carbocycles. The summed E-state index contributed by atoms with van der Waals surface area (Å²) in [5.41, 5.74) is 11.6. The van der Waals surface area contributed by atoms with Gasteiger partial charge >= 0.3 is 0 Å². The minimum atomic E-state index is 0.188. The zero-order valence-corrected chi connectivity index (χ0v) is 14.2. The molecule has 0 bridgehead atoms. The van der Waals surface area contributed by atoms with Crippen LogP contribution in [0.4, 0.5) is 0 Å². The number of hydrogen-bond acceptors (Lipinski definition) is 3. The first-order chi connectivity index (χ1) is 9.81. The van der Waals surface area contributed by atoms with Gasteiger partial charge in [0.1, 0.15) is 0 Å². The molecule has 21 heavy (non-hydrogen) atoms. The fourth-order valence-electron chi connectivity index (χ4n) is 2.97. The Morgan fingerprint density at radius 1 is 1.24 bits per heavy atom. The number of morpholine rings is 1. The molecule has 1 heterocycles. The second-order valence-corrected chi connectivity index (χ2v) is 7.30. The van der Waals surface area contributed by atoms with Crippen molar-refractivity contribution in [2.24, 2.45) is 5.73 Å². The van der Waals surface area contributed by atoms with Gasteiger partial charge in [-0.2, -0.15) is 0 Å². The van der Waals surface area contributed by atoms with Crippen LogP contribution in [-0.4, -0.2) is 37.2 Å². The summed E-state index contributed by atoms with van der Waals surface area (Å²) in [6.45, 7) is 15.6. The Balaban J connectivity index is 2.17. The largest absolute Gasteiger partial charge is 0.374 e. The van der Waals surface area contributed by atoms with Gasteiger partial charge in [-0.3, -0.25) is 4.90 Å². The van der Waals surface area contributed by atoms with Crippen LogP contribution in [-0.2, 0) is 16.7 Å². The van der Waals surface area contributed by atoms with Crippen LogP contribution in [0.2, 0.25) is 0 Å². The van der Waals surface area contributed by atoms with Crippen LogP contribution in [0.3, 0.4) is 0 Å². The van der Waals surface area contributed by atoms with Crippen LogP contribution >= 0.6 is 0 Å². The summed E-state index contributed by atoms with van der Waals surface area (Å²) in [6.07, 6.45) is 0.188. The van der Waals surface area contributed by atoms with E-state index in [0.717, 1.165) is 26.2 Å². The van der Waals surface area contributed by atoms with Gasteiger partial charge in [0.15, 0.2) is 0 Å². The van der Waals surface area contributed by atoms with Crippen LogP contribution in [0.5, 0.6) is 0 Å². The molecule has 1 unspecified atom stereocenters. The zero-order valence-electron chi connectivity index (χ0n) is 14.2. The van der Waals surface area contributed by atoms with Gasteiger partial charge in [0.05, 0.1) is 12.7 Å². The normalized spacial score (nSPS) is 20.8. The number of benzene rings is 1. The van der Waals surface area contributed by atoms with Crippen molar-refractivity contribution in [2.75, 3.05) is 26.2 Å². The molecule has 0 aromatic heterocycles. The van der Waals surface area contributed by atoms with E-state index in [-0.39, 0.29) is 11.5 Å². The first kappa shape index (κ1) is 16.5. The first-order valence-electron chi connectivity index (χ1n) is 7.96. The van der Waals surface area contributed by atoms with Crippen LogP contribution < -0.4 is 5.73 Å². The number of aryl methyl sites for hydroxylation is 2. The molecule has 0 spiro atoms. The maximum absolute atomic E-state index is 5.73. The van der Waals surface area contributed by atoms with Gasteiger partial charge in [-0.15, -0.1) is 0 Å². The highest BCUT2D eigenvalue weighted by Gasteiger charge is 2.21. The molecule has 1 atom stereocenters. The molecular weight excluding hydrogens is 260 g/mol. The molecule has 1 aromatic rings. The minimum absolute atomic E-state index is 0.188. The predicted octanol–water partition coefficient (Wildman–Crippen LogP) is 2.76. The molecule has 1 saturated heterocycles. The molecule has 1 fully saturated rings. The summed E-state index contributed by atoms with van der Waals surface area (Å²) in [6, 6.07) is 4.70. The van der Waals surface area contributed by atoms with Gasteiger partial charge in [-0.05, 0) is 41.5 Å². The quantitative estimate of drug-likeness (QED) is 0.930. The Labute approximate surface area is 129 Å². The highest BCUT2D eigenvalue weighted by atomic mass is 16.5. The fraction of sp³-hybridized carbons (Fsp3) is 0.667. The van der Waals surface area contributed by atoms with E-state index < -0.39 is 0 Å². The highest BCUT2D eigenvalue weighted by Crippen LogP contribution is 2.27. The lowest BCUT2D eigenvalue weighted by atomic mass is 9.83. The van der Waals surface area contributed by atoms with Crippen molar-refractivity contribution in [1.82, 2.24) is 4.90 Å². The van der Waals surface area contributed by atoms with Crippen molar-refractivity contribution in [3.63, 3.8) is 0 Å². The van der Waals surface area contributed by atoms with E-state index in [4.69, 9.17) is 10.5 Å². The van der Waals surface area contributed by atoms with Crippen LogP contribution in [0, 0.1) is 13.8 Å². The van der Waals surface area contributed by atoms with Crippen molar-refractivity contribution in [1.29, 1.82) is 0 Å². The van der Waals surface area contributed by atoms with Gasteiger partial charge in [0.2, 0.25) is 0 Å². The van der Waals surface area contributed by atoms with E-state index in [1.807, 2.05) is 0 Å². The third-order valence-electron chi connectivity index (χ3n) is 4.43. The molecule has 1 aliphatic rings. The third kappa shape index (κ3) is 4.06. The monoisotopic (exact) mass is 290 g/mol. The summed E-state index contributed by atoms with van der Waals surface area (Å²) >= 11 is 0. The van der Waals surface area contributed by atoms with E-state index in [2.05, 4.69) is 51.7 Å².